The number of aliphatic hydroxyl groups excluding tert-OH is 2. The van der Waals surface area contributed by atoms with Crippen LogP contribution in [0.1, 0.15) is 65.2 Å². The molecule has 11 heteroatoms. The fourth-order valence-corrected chi connectivity index (χ4v) is 3.06. The van der Waals surface area contributed by atoms with Gasteiger partial charge in [-0.3, -0.25) is 4.79 Å². The van der Waals surface area contributed by atoms with E-state index in [-0.39, 0.29) is 51.7 Å². The number of ketones is 1. The molecule has 0 bridgehead atoms. The van der Waals surface area contributed by atoms with Crippen LogP contribution in [0.4, 0.5) is 26.3 Å². The van der Waals surface area contributed by atoms with Crippen molar-refractivity contribution < 1.29 is 50.8 Å². The molecule has 0 saturated carbocycles. The van der Waals surface area contributed by atoms with Crippen molar-refractivity contribution in [2.24, 2.45) is 0 Å². The standard InChI is InChI=1S/C19H32F6O5/c1-3-29-13(11-18(20,21)22)7-5-9-15(26)17(28)16(27)10-6-8-14(30-4-2)12-19(23,24)25/h13-16,26-27H,3-12H2,1-2H3/t13?,14?,15-,16-/m1/s1. The maximum absolute atomic E-state index is 12.5. The number of hydrogen-bond donors (Lipinski definition) is 2. The topological polar surface area (TPSA) is 76.0 Å². The number of alkyl halides is 6. The van der Waals surface area contributed by atoms with Crippen LogP contribution in [0.3, 0.4) is 0 Å². The normalized spacial score (nSPS) is 16.9. The zero-order valence-electron chi connectivity index (χ0n) is 17.3. The van der Waals surface area contributed by atoms with E-state index in [1.807, 2.05) is 0 Å². The molecular weight excluding hydrogens is 422 g/mol. The number of carbonyl (C=O) groups is 1. The monoisotopic (exact) mass is 454 g/mol. The number of halogens is 6. The molecular formula is C19H32F6O5. The highest BCUT2D eigenvalue weighted by atomic mass is 19.4. The molecule has 180 valence electrons. The molecule has 0 heterocycles. The Labute approximate surface area is 172 Å². The maximum Gasteiger partial charge on any atom is 0.391 e. The highest BCUT2D eigenvalue weighted by Gasteiger charge is 2.33. The van der Waals surface area contributed by atoms with Crippen molar-refractivity contribution in [1.29, 1.82) is 0 Å². The first-order valence-corrected chi connectivity index (χ1v) is 10.1. The fourth-order valence-electron chi connectivity index (χ4n) is 3.06. The van der Waals surface area contributed by atoms with Gasteiger partial charge in [-0.2, -0.15) is 26.3 Å². The Morgan fingerprint density at radius 1 is 0.733 bits per heavy atom. The summed E-state index contributed by atoms with van der Waals surface area (Å²) in [7, 11) is 0. The van der Waals surface area contributed by atoms with E-state index in [0.29, 0.717) is 0 Å². The third-order valence-electron chi connectivity index (χ3n) is 4.39. The van der Waals surface area contributed by atoms with Crippen LogP contribution in [-0.2, 0) is 14.3 Å². The van der Waals surface area contributed by atoms with Crippen molar-refractivity contribution in [2.45, 2.75) is 102 Å². The van der Waals surface area contributed by atoms with Gasteiger partial charge in [0.2, 0.25) is 0 Å². The van der Waals surface area contributed by atoms with Gasteiger partial charge in [-0.25, -0.2) is 0 Å². The molecule has 0 aromatic carbocycles. The Kier molecular flexibility index (Phi) is 13.8. The van der Waals surface area contributed by atoms with Crippen LogP contribution in [0, 0.1) is 0 Å². The van der Waals surface area contributed by atoms with E-state index in [9.17, 15) is 41.4 Å². The largest absolute Gasteiger partial charge is 0.391 e. The van der Waals surface area contributed by atoms with Crippen LogP contribution >= 0.6 is 0 Å². The average molecular weight is 454 g/mol. The molecule has 0 aliphatic rings. The lowest BCUT2D eigenvalue weighted by molar-refractivity contribution is -0.162. The lowest BCUT2D eigenvalue weighted by atomic mass is 9.98. The van der Waals surface area contributed by atoms with Gasteiger partial charge in [0.15, 0.2) is 5.78 Å². The molecule has 5 nitrogen and oxygen atoms in total. The Hall–Kier alpha value is -0.910. The van der Waals surface area contributed by atoms with Gasteiger partial charge in [-0.1, -0.05) is 0 Å². The van der Waals surface area contributed by atoms with Gasteiger partial charge >= 0.3 is 12.4 Å². The van der Waals surface area contributed by atoms with Gasteiger partial charge in [0.05, 0.1) is 25.0 Å². The molecule has 0 fully saturated rings. The number of hydrogen-bond acceptors (Lipinski definition) is 5. The Bertz CT molecular complexity index is 429. The Morgan fingerprint density at radius 2 is 1.07 bits per heavy atom. The van der Waals surface area contributed by atoms with Gasteiger partial charge in [0.1, 0.15) is 12.2 Å². The molecule has 0 spiro atoms. The first-order chi connectivity index (χ1) is 13.8. The Balaban J connectivity index is 4.35. The van der Waals surface area contributed by atoms with E-state index in [1.54, 1.807) is 13.8 Å². The molecule has 2 N–H and O–H groups in total. The van der Waals surface area contributed by atoms with Crippen molar-refractivity contribution in [1.82, 2.24) is 0 Å². The molecule has 0 saturated heterocycles. The van der Waals surface area contributed by atoms with E-state index in [2.05, 4.69) is 0 Å². The third kappa shape index (κ3) is 15.0. The van der Waals surface area contributed by atoms with Crippen LogP contribution in [0.2, 0.25) is 0 Å². The van der Waals surface area contributed by atoms with Gasteiger partial charge in [-0.15, -0.1) is 0 Å². The molecule has 4 atom stereocenters. The van der Waals surface area contributed by atoms with Crippen molar-refractivity contribution in [3.63, 3.8) is 0 Å². The summed E-state index contributed by atoms with van der Waals surface area (Å²) < 4.78 is 84.9. The van der Waals surface area contributed by atoms with E-state index in [1.165, 1.54) is 0 Å². The summed E-state index contributed by atoms with van der Waals surface area (Å²) in [6, 6.07) is 0. The summed E-state index contributed by atoms with van der Waals surface area (Å²) in [6.07, 6.45) is -16.5. The van der Waals surface area contributed by atoms with Gasteiger partial charge in [0.25, 0.3) is 0 Å². The average Bonchev–Trinajstić information content (AvgIpc) is 2.58. The van der Waals surface area contributed by atoms with E-state index >= 15 is 0 Å². The SMILES string of the molecule is CCOC(CCC[C@@H](O)C(=O)[C@H](O)CCCC(CC(F)(F)F)OCC)CC(F)(F)F. The number of Topliss-reactive ketones (excluding diaryl/α,β-unsaturated/α-hetero) is 1. The van der Waals surface area contributed by atoms with Crippen LogP contribution in [0.5, 0.6) is 0 Å². The molecule has 2 unspecified atom stereocenters. The predicted octanol–water partition coefficient (Wildman–Crippen LogP) is 4.33. The summed E-state index contributed by atoms with van der Waals surface area (Å²) in [4.78, 5) is 12.0. The minimum Gasteiger partial charge on any atom is -0.385 e. The molecule has 0 aromatic heterocycles. The third-order valence-corrected chi connectivity index (χ3v) is 4.39. The van der Waals surface area contributed by atoms with Crippen LogP contribution in [0.25, 0.3) is 0 Å². The van der Waals surface area contributed by atoms with Gasteiger partial charge in [-0.05, 0) is 52.4 Å². The van der Waals surface area contributed by atoms with Crippen LogP contribution in [0.15, 0.2) is 0 Å². The summed E-state index contributed by atoms with van der Waals surface area (Å²) in [6.45, 7) is 3.31. The fraction of sp³-hybridized carbons (Fsp3) is 0.947. The minimum atomic E-state index is -4.39. The number of aliphatic hydroxyl groups is 2. The van der Waals surface area contributed by atoms with Crippen molar-refractivity contribution in [3.05, 3.63) is 0 Å². The van der Waals surface area contributed by atoms with Gasteiger partial charge < -0.3 is 19.7 Å². The summed E-state index contributed by atoms with van der Waals surface area (Å²) >= 11 is 0. The molecule has 0 aromatic rings. The summed E-state index contributed by atoms with van der Waals surface area (Å²) in [5.41, 5.74) is 0. The maximum atomic E-state index is 12.5. The second kappa shape index (κ2) is 14.2. The first-order valence-electron chi connectivity index (χ1n) is 10.1. The molecule has 30 heavy (non-hydrogen) atoms. The van der Waals surface area contributed by atoms with Crippen molar-refractivity contribution >= 4 is 5.78 Å². The molecule has 0 amide bonds. The first kappa shape index (κ1) is 29.1. The number of carbonyl (C=O) groups excluding carboxylic acids is 1. The van der Waals surface area contributed by atoms with E-state index < -0.39 is 55.4 Å². The van der Waals surface area contributed by atoms with E-state index in [4.69, 9.17) is 9.47 Å². The summed E-state index contributed by atoms with van der Waals surface area (Å²) in [5, 5.41) is 19.7. The lowest BCUT2D eigenvalue weighted by Crippen LogP contribution is -2.33. The highest BCUT2D eigenvalue weighted by Crippen LogP contribution is 2.27. The highest BCUT2D eigenvalue weighted by molar-refractivity contribution is 5.86. The number of rotatable bonds is 16. The van der Waals surface area contributed by atoms with Crippen LogP contribution in [-0.4, -0.2) is 66.0 Å². The molecule has 0 aliphatic carbocycles. The molecule has 0 radical (unpaired) electrons. The zero-order valence-corrected chi connectivity index (χ0v) is 17.3. The Morgan fingerprint density at radius 3 is 1.33 bits per heavy atom. The van der Waals surface area contributed by atoms with Crippen molar-refractivity contribution in [2.75, 3.05) is 13.2 Å². The number of ether oxygens (including phenoxy) is 2. The van der Waals surface area contributed by atoms with E-state index in [0.717, 1.165) is 0 Å². The quantitative estimate of drug-likeness (QED) is 0.340. The van der Waals surface area contributed by atoms with Gasteiger partial charge in [0, 0.05) is 13.2 Å². The lowest BCUT2D eigenvalue weighted by Gasteiger charge is -2.20. The zero-order chi connectivity index (χ0) is 23.4. The van der Waals surface area contributed by atoms with Crippen molar-refractivity contribution in [3.8, 4) is 0 Å². The summed E-state index contributed by atoms with van der Waals surface area (Å²) in [5.74, 6) is -0.900. The second-order valence-electron chi connectivity index (χ2n) is 7.09. The van der Waals surface area contributed by atoms with Crippen LogP contribution < -0.4 is 0 Å². The second-order valence-corrected chi connectivity index (χ2v) is 7.09. The molecule has 0 rings (SSSR count). The predicted molar refractivity (Wildman–Crippen MR) is 96.9 cm³/mol. The molecule has 0 aliphatic heterocycles. The smallest absolute Gasteiger partial charge is 0.385 e. The minimum absolute atomic E-state index is 0.0126.